The van der Waals surface area contributed by atoms with Crippen LogP contribution in [0.2, 0.25) is 0 Å². The Morgan fingerprint density at radius 3 is 0.318 bits per heavy atom. The van der Waals surface area contributed by atoms with Crippen LogP contribution in [0, 0.1) is 0 Å². The summed E-state index contributed by atoms with van der Waals surface area (Å²) in [5, 5.41) is 156. The zero-order valence-corrected chi connectivity index (χ0v) is 48.9. The van der Waals surface area contributed by atoms with Crippen LogP contribution < -0.4 is 0 Å². The van der Waals surface area contributed by atoms with E-state index in [0.29, 0.717) is 0 Å². The molecule has 0 spiro atoms. The predicted molar refractivity (Wildman–Crippen MR) is 311 cm³/mol. The van der Waals surface area contributed by atoms with Crippen LogP contribution in [0.3, 0.4) is 0 Å². The van der Waals surface area contributed by atoms with Crippen LogP contribution in [0.1, 0.15) is 62.1 Å². The van der Waals surface area contributed by atoms with Gasteiger partial charge in [0.05, 0.1) is 33.4 Å². The smallest absolute Gasteiger partial charge is 0.335 e. The monoisotopic (exact) mass is 1290 g/mol. The molecular formula is C50H66O31S4. The maximum Gasteiger partial charge on any atom is 0.335 e. The highest BCUT2D eigenvalue weighted by Crippen LogP contribution is 2.24. The number of aromatic carboxylic acids is 6. The van der Waals surface area contributed by atoms with E-state index in [1.165, 1.54) is 0 Å². The van der Waals surface area contributed by atoms with Crippen LogP contribution in [0.4, 0.5) is 0 Å². The zero-order chi connectivity index (χ0) is 64.9. The van der Waals surface area contributed by atoms with Crippen molar-refractivity contribution in [3.8, 4) is 69.0 Å². The van der Waals surface area contributed by atoms with E-state index in [0.717, 1.165) is 109 Å². The number of carboxylic acid groups (broad SMARTS) is 6. The van der Waals surface area contributed by atoms with Gasteiger partial charge in [0.15, 0.2) is 0 Å². The molecule has 31 nitrogen and oxygen atoms in total. The number of carboxylic acids is 6. The van der Waals surface area contributed by atoms with Crippen LogP contribution in [-0.4, -0.2) is 211 Å². The highest BCUT2D eigenvalue weighted by Gasteiger charge is 2.09. The van der Waals surface area contributed by atoms with E-state index >= 15 is 0 Å². The SMILES string of the molecule is CS(C)=O.CS(C)=O.CS(C)=O.CS(C)=O.O.O.O.O=C(O)c1cc(O)cc(O)c1.O=C(O)c1cc(O)cc(O)c1.O=C(O)c1cc(O)cc(O)c1.O=C(O)c1cc(O)cc(O)c1.O=C(O)c1cc(O)cc(O)c1.O=C(O)c1cc(O)cc(O)c1. The molecule has 476 valence electrons. The minimum Gasteiger partial charge on any atom is -0.508 e. The third kappa shape index (κ3) is 52.1. The highest BCUT2D eigenvalue weighted by atomic mass is 32.2. The first-order chi connectivity index (χ1) is 37.5. The largest absolute Gasteiger partial charge is 0.508 e. The van der Waals surface area contributed by atoms with Crippen LogP contribution in [-0.2, 0) is 43.2 Å². The first kappa shape index (κ1) is 89.0. The molecule has 0 unspecified atom stereocenters. The molecule has 0 aliphatic rings. The van der Waals surface area contributed by atoms with Crippen LogP contribution in [0.25, 0.3) is 0 Å². The Labute approximate surface area is 492 Å². The normalized spacial score (nSPS) is 8.99. The van der Waals surface area contributed by atoms with E-state index in [4.69, 9.17) is 91.9 Å². The van der Waals surface area contributed by atoms with E-state index in [1.807, 2.05) is 0 Å². The maximum absolute atomic E-state index is 10.3. The second-order valence-electron chi connectivity index (χ2n) is 15.2. The number of aromatic hydroxyl groups is 12. The van der Waals surface area contributed by atoms with Crippen molar-refractivity contribution in [3.05, 3.63) is 143 Å². The molecule has 0 fully saturated rings. The molecule has 0 atom stereocenters. The van der Waals surface area contributed by atoms with Gasteiger partial charge < -0.3 is 108 Å². The quantitative estimate of drug-likeness (QED) is 0.114. The van der Waals surface area contributed by atoms with Crippen LogP contribution in [0.15, 0.2) is 109 Å². The van der Waals surface area contributed by atoms with Crippen molar-refractivity contribution in [1.82, 2.24) is 0 Å². The number of rotatable bonds is 6. The lowest BCUT2D eigenvalue weighted by Gasteiger charge is -1.96. The molecule has 0 saturated carbocycles. The summed E-state index contributed by atoms with van der Waals surface area (Å²) in [6.07, 6.45) is 13.1. The second-order valence-corrected chi connectivity index (χ2v) is 21.2. The van der Waals surface area contributed by atoms with Gasteiger partial charge in [0.1, 0.15) is 69.0 Å². The van der Waals surface area contributed by atoms with Crippen molar-refractivity contribution in [3.63, 3.8) is 0 Å². The van der Waals surface area contributed by atoms with Gasteiger partial charge in [0, 0.05) is 130 Å². The maximum atomic E-state index is 10.3. The van der Waals surface area contributed by atoms with Gasteiger partial charge >= 0.3 is 35.8 Å². The summed E-state index contributed by atoms with van der Waals surface area (Å²) < 4.78 is 38.2. The van der Waals surface area contributed by atoms with Crippen LogP contribution in [0.5, 0.6) is 69.0 Å². The topological polar surface area (TPSA) is 629 Å². The Balaban J connectivity index is -0.000000162. The van der Waals surface area contributed by atoms with Gasteiger partial charge in [0.25, 0.3) is 0 Å². The van der Waals surface area contributed by atoms with Crippen molar-refractivity contribution in [2.45, 2.75) is 0 Å². The number of hydrogen-bond acceptors (Lipinski definition) is 22. The molecule has 35 heteroatoms. The van der Waals surface area contributed by atoms with Gasteiger partial charge in [0.2, 0.25) is 0 Å². The first-order valence-corrected chi connectivity index (χ1v) is 28.9. The lowest BCUT2D eigenvalue weighted by molar-refractivity contribution is 0.0685. The average Bonchev–Trinajstić information content (AvgIpc) is 3.27. The Hall–Kier alpha value is -9.78. The fraction of sp³-hybridized carbons (Fsp3) is 0.160. The molecule has 6 aromatic rings. The zero-order valence-electron chi connectivity index (χ0n) is 45.7. The van der Waals surface area contributed by atoms with Crippen molar-refractivity contribution in [2.24, 2.45) is 0 Å². The van der Waals surface area contributed by atoms with Crippen LogP contribution >= 0.6 is 0 Å². The molecule has 0 aliphatic heterocycles. The van der Waals surface area contributed by atoms with Gasteiger partial charge in [-0.3, -0.25) is 16.8 Å². The molecule has 6 rings (SSSR count). The van der Waals surface area contributed by atoms with Gasteiger partial charge in [-0.2, -0.15) is 0 Å². The van der Waals surface area contributed by atoms with E-state index in [9.17, 15) is 45.6 Å². The molecule has 6 aromatic carbocycles. The van der Waals surface area contributed by atoms with Crippen molar-refractivity contribution < 1.29 is 154 Å². The Morgan fingerprint density at radius 2 is 0.271 bits per heavy atom. The average molecular weight is 1290 g/mol. The predicted octanol–water partition coefficient (Wildman–Crippen LogP) is 2.28. The molecule has 85 heavy (non-hydrogen) atoms. The fourth-order valence-corrected chi connectivity index (χ4v) is 4.31. The second kappa shape index (κ2) is 46.8. The molecule has 0 bridgehead atoms. The van der Waals surface area contributed by atoms with E-state index in [2.05, 4.69) is 0 Å². The number of benzene rings is 6. The van der Waals surface area contributed by atoms with Crippen molar-refractivity contribution in [2.75, 3.05) is 50.0 Å². The van der Waals surface area contributed by atoms with Gasteiger partial charge in [-0.15, -0.1) is 0 Å². The first-order valence-electron chi connectivity index (χ1n) is 21.1. The lowest BCUT2D eigenvalue weighted by Crippen LogP contribution is -1.94. The minimum atomic E-state index is -1.18. The summed E-state index contributed by atoms with van der Waals surface area (Å²) in [7, 11) is -2.44. The molecule has 0 amide bonds. The summed E-state index contributed by atoms with van der Waals surface area (Å²) in [4.78, 5) is 61.7. The van der Waals surface area contributed by atoms with Gasteiger partial charge in [-0.05, 0) is 72.8 Å². The standard InChI is InChI=1S/6C7H6O4.4C2H6OS.3H2O/c6*8-5-1-4(7(10)11)2-6(9)3-5;4*1-4(2)3;;;/h6*1-3,8-9H,(H,10,11);4*1-2H3;3*1H2. The third-order valence-corrected chi connectivity index (χ3v) is 6.90. The Morgan fingerprint density at radius 1 is 0.212 bits per heavy atom. The molecule has 0 saturated heterocycles. The summed E-state index contributed by atoms with van der Waals surface area (Å²) in [6.45, 7) is 0. The van der Waals surface area contributed by atoms with Crippen molar-refractivity contribution in [1.29, 1.82) is 0 Å². The van der Waals surface area contributed by atoms with E-state index in [-0.39, 0.29) is 119 Å². The number of phenols is 12. The molecule has 0 aliphatic carbocycles. The fourth-order valence-electron chi connectivity index (χ4n) is 4.31. The third-order valence-electron chi connectivity index (χ3n) is 6.90. The lowest BCUT2D eigenvalue weighted by atomic mass is 10.2. The summed E-state index contributed by atoms with van der Waals surface area (Å²) in [5.41, 5.74) is -0.819. The van der Waals surface area contributed by atoms with Crippen molar-refractivity contribution >= 4 is 79.0 Å². The summed E-state index contributed by atoms with van der Waals surface area (Å²) >= 11 is 0. The highest BCUT2D eigenvalue weighted by molar-refractivity contribution is 7.84. The number of phenolic OH excluding ortho intramolecular Hbond substituents is 12. The minimum absolute atomic E-state index is 0. The molecule has 0 aromatic heterocycles. The van der Waals surface area contributed by atoms with Gasteiger partial charge in [-0.25, -0.2) is 28.8 Å². The molecule has 0 radical (unpaired) electrons. The molecular weight excluding hydrogens is 1220 g/mol. The summed E-state index contributed by atoms with van der Waals surface area (Å²) in [5.74, 6) is -10.2. The number of hydrogen-bond donors (Lipinski definition) is 18. The van der Waals surface area contributed by atoms with Gasteiger partial charge in [-0.1, -0.05) is 0 Å². The Bertz CT molecular complexity index is 2500. The molecule has 24 N–H and O–H groups in total. The van der Waals surface area contributed by atoms with E-state index in [1.54, 1.807) is 50.0 Å². The van der Waals surface area contributed by atoms with E-state index < -0.39 is 79.0 Å². The Kier molecular flexibility index (Phi) is 49.0. The summed E-state index contributed by atoms with van der Waals surface area (Å²) in [6, 6.07) is 19.1. The molecule has 0 heterocycles. The number of carbonyl (C=O) groups is 6.